The molecule has 362 valence electrons. The van der Waals surface area contributed by atoms with E-state index in [1.54, 1.807) is 0 Å². The summed E-state index contributed by atoms with van der Waals surface area (Å²) in [6.07, 6.45) is 20.2. The van der Waals surface area contributed by atoms with Crippen molar-refractivity contribution in [1.82, 2.24) is 0 Å². The summed E-state index contributed by atoms with van der Waals surface area (Å²) in [7, 11) is 4.18. The monoisotopic (exact) mass is 896 g/mol. The van der Waals surface area contributed by atoms with Gasteiger partial charge < -0.3 is 76.3 Å². The summed E-state index contributed by atoms with van der Waals surface area (Å²) in [5.74, 6) is 0. The zero-order chi connectivity index (χ0) is 44.0. The summed E-state index contributed by atoms with van der Waals surface area (Å²) in [6, 6.07) is 0. The number of rotatable bonds is 36. The molecule has 2 fully saturated rings. The molecule has 0 radical (unpaired) electrons. The molecular weight excluding hydrogens is 806 g/mol. The van der Waals surface area contributed by atoms with Crippen molar-refractivity contribution in [3.05, 3.63) is 24.3 Å². The molecule has 0 aliphatic carbocycles. The van der Waals surface area contributed by atoms with Crippen LogP contribution in [-0.4, -0.2) is 161 Å². The number of aliphatic hydroxyl groups excluding tert-OH is 7. The molecule has 14 heteroatoms. The van der Waals surface area contributed by atoms with Crippen LogP contribution in [0.2, 0.25) is 0 Å². The molecule has 2 aliphatic heterocycles. The summed E-state index contributed by atoms with van der Waals surface area (Å²) in [5, 5.41) is 74.3. The first-order valence-electron chi connectivity index (χ1n) is 23.9. The van der Waals surface area contributed by atoms with Gasteiger partial charge in [-0.3, -0.25) is 0 Å². The zero-order valence-corrected chi connectivity index (χ0v) is 39.2. The lowest BCUT2D eigenvalue weighted by Crippen LogP contribution is -3.00. The van der Waals surface area contributed by atoms with Gasteiger partial charge in [0.25, 0.3) is 0 Å². The predicted octanol–water partition coefficient (Wildman–Crippen LogP) is 2.83. The highest BCUT2D eigenvalue weighted by atomic mass is 35.5. The first-order valence-corrected chi connectivity index (χ1v) is 23.9. The number of nitrogens with zero attached hydrogens (tertiary/aromatic N) is 1. The van der Waals surface area contributed by atoms with Crippen LogP contribution in [-0.2, 0) is 23.7 Å². The molecule has 0 aromatic carbocycles. The number of ether oxygens (including phenoxy) is 5. The standard InChI is InChI=1S/C47H90NO12.ClH/c1-5-7-9-11-13-15-17-18-19-20-21-22-24-26-28-30-32-57-46-44(54)43(53)41(51)39(60-46)36-58-47-45(55)42(52)40(50)38(59-47)35-56-34-37(49)33-48(3,4)31-29-27-25-23-16-14-12-10-8-6-2;/h13,15,18-19,37-47,49-55H,5-12,14,16-17,20-36H2,1-4H3;1H/q+1;/p-1/b15-13-,19-18-;/t37?,38-,39-,40-,41-,42+,43+,44-,45-,46-,47+;/m1./s1. The van der Waals surface area contributed by atoms with Gasteiger partial charge in [0.15, 0.2) is 12.6 Å². The summed E-state index contributed by atoms with van der Waals surface area (Å²) in [5.41, 5.74) is 0. The topological polar surface area (TPSA) is 188 Å². The van der Waals surface area contributed by atoms with Crippen molar-refractivity contribution in [1.29, 1.82) is 0 Å². The van der Waals surface area contributed by atoms with Crippen LogP contribution in [0.15, 0.2) is 24.3 Å². The van der Waals surface area contributed by atoms with Gasteiger partial charge >= 0.3 is 0 Å². The highest BCUT2D eigenvalue weighted by Crippen LogP contribution is 2.27. The summed E-state index contributed by atoms with van der Waals surface area (Å²) in [4.78, 5) is 0. The van der Waals surface area contributed by atoms with Gasteiger partial charge in [-0.15, -0.1) is 0 Å². The van der Waals surface area contributed by atoms with Crippen LogP contribution in [0.1, 0.15) is 155 Å². The van der Waals surface area contributed by atoms with Crippen molar-refractivity contribution in [3.63, 3.8) is 0 Å². The van der Waals surface area contributed by atoms with Gasteiger partial charge in [-0.2, -0.15) is 0 Å². The van der Waals surface area contributed by atoms with Crippen molar-refractivity contribution in [2.75, 3.05) is 53.6 Å². The normalized spacial score (nSPS) is 27.9. The lowest BCUT2D eigenvalue weighted by Gasteiger charge is -2.43. The van der Waals surface area contributed by atoms with Crippen LogP contribution in [0.5, 0.6) is 0 Å². The van der Waals surface area contributed by atoms with Crippen molar-refractivity contribution >= 4 is 0 Å². The molecule has 0 aromatic heterocycles. The molecule has 0 saturated carbocycles. The molecule has 11 atom stereocenters. The maximum Gasteiger partial charge on any atom is 0.186 e. The minimum absolute atomic E-state index is 0. The van der Waals surface area contributed by atoms with E-state index in [0.717, 1.165) is 64.3 Å². The number of hydrogen-bond acceptors (Lipinski definition) is 12. The Labute approximate surface area is 375 Å². The van der Waals surface area contributed by atoms with Gasteiger partial charge in [-0.25, -0.2) is 0 Å². The number of likely N-dealkylation sites (N-methyl/N-ethyl adjacent to an activating group) is 1. The first-order chi connectivity index (χ1) is 28.9. The van der Waals surface area contributed by atoms with E-state index in [9.17, 15) is 35.7 Å². The van der Waals surface area contributed by atoms with E-state index in [0.29, 0.717) is 17.6 Å². The maximum atomic E-state index is 10.7. The number of aliphatic hydroxyl groups is 7. The van der Waals surface area contributed by atoms with E-state index in [4.69, 9.17) is 23.7 Å². The van der Waals surface area contributed by atoms with E-state index < -0.39 is 67.5 Å². The van der Waals surface area contributed by atoms with E-state index in [1.807, 2.05) is 0 Å². The molecule has 2 heterocycles. The third-order valence-electron chi connectivity index (χ3n) is 11.8. The number of quaternary nitrogens is 1. The number of unbranched alkanes of at least 4 members (excludes halogenated alkanes) is 18. The van der Waals surface area contributed by atoms with Crippen LogP contribution in [0.25, 0.3) is 0 Å². The second-order valence-electron chi connectivity index (χ2n) is 18.0. The van der Waals surface area contributed by atoms with Gasteiger partial charge in [0.1, 0.15) is 61.5 Å². The second kappa shape index (κ2) is 35.5. The average molecular weight is 897 g/mol. The highest BCUT2D eigenvalue weighted by Gasteiger charge is 2.47. The molecule has 13 nitrogen and oxygen atoms in total. The van der Waals surface area contributed by atoms with Crippen LogP contribution < -0.4 is 12.4 Å². The Balaban J connectivity index is 0.0000186. The second-order valence-corrected chi connectivity index (χ2v) is 18.0. The third-order valence-corrected chi connectivity index (χ3v) is 11.8. The Morgan fingerprint density at radius 3 is 1.52 bits per heavy atom. The lowest BCUT2D eigenvalue weighted by molar-refractivity contribution is -0.893. The summed E-state index contributed by atoms with van der Waals surface area (Å²) in [6.45, 7) is 5.64. The Bertz CT molecular complexity index is 1090. The fourth-order valence-corrected chi connectivity index (χ4v) is 7.93. The maximum absolute atomic E-state index is 10.7. The van der Waals surface area contributed by atoms with Gasteiger partial charge in [-0.1, -0.05) is 128 Å². The number of halogens is 1. The summed E-state index contributed by atoms with van der Waals surface area (Å²) >= 11 is 0. The fraction of sp³-hybridized carbons (Fsp3) is 0.915. The van der Waals surface area contributed by atoms with Gasteiger partial charge in [0, 0.05) is 6.61 Å². The molecule has 0 spiro atoms. The lowest BCUT2D eigenvalue weighted by atomic mass is 9.98. The molecule has 2 saturated heterocycles. The van der Waals surface area contributed by atoms with E-state index in [-0.39, 0.29) is 32.2 Å². The third kappa shape index (κ3) is 25.5. The Hall–Kier alpha value is -0.750. The SMILES string of the molecule is CCCCC/C=C\C/C=C\CCCCCCCCO[C@@H]1O[C@H](CO[C@H]2O[C@H](COCC(O)C[N+](C)(C)CCCCCCCCCCCC)[C@@H](O)[C@H](O)[C@H]2O)[C@@H](O)[C@H](O)[C@H]1O.[Cl-]. The van der Waals surface area contributed by atoms with Crippen LogP contribution >= 0.6 is 0 Å². The zero-order valence-electron chi connectivity index (χ0n) is 38.5. The van der Waals surface area contributed by atoms with E-state index >= 15 is 0 Å². The predicted molar refractivity (Wildman–Crippen MR) is 235 cm³/mol. The molecule has 0 aromatic rings. The molecule has 2 rings (SSSR count). The van der Waals surface area contributed by atoms with Crippen LogP contribution in [0.3, 0.4) is 0 Å². The smallest absolute Gasteiger partial charge is 0.186 e. The molecule has 2 aliphatic rings. The van der Waals surface area contributed by atoms with Gasteiger partial charge in [0.05, 0.1) is 40.5 Å². The molecule has 7 N–H and O–H groups in total. The van der Waals surface area contributed by atoms with Crippen molar-refractivity contribution in [3.8, 4) is 0 Å². The average Bonchev–Trinajstić information content (AvgIpc) is 3.22. The Kier molecular flexibility index (Phi) is 33.9. The number of hydrogen-bond donors (Lipinski definition) is 7. The van der Waals surface area contributed by atoms with E-state index in [1.165, 1.54) is 83.5 Å². The molecule has 61 heavy (non-hydrogen) atoms. The molecular formula is C47H90ClNO12. The fourth-order valence-electron chi connectivity index (χ4n) is 7.93. The van der Waals surface area contributed by atoms with Crippen molar-refractivity contribution in [2.45, 2.75) is 223 Å². The first kappa shape index (κ1) is 58.3. The number of allylic oxidation sites excluding steroid dienone is 4. The highest BCUT2D eigenvalue weighted by molar-refractivity contribution is 4.93. The quantitative estimate of drug-likeness (QED) is 0.0278. The molecule has 0 amide bonds. The van der Waals surface area contributed by atoms with Crippen LogP contribution in [0.4, 0.5) is 0 Å². The Morgan fingerprint density at radius 1 is 0.525 bits per heavy atom. The van der Waals surface area contributed by atoms with Gasteiger partial charge in [-0.05, 0) is 51.4 Å². The summed E-state index contributed by atoms with van der Waals surface area (Å²) < 4.78 is 29.4. The minimum Gasteiger partial charge on any atom is -1.00 e. The van der Waals surface area contributed by atoms with Gasteiger partial charge in [0.2, 0.25) is 0 Å². The largest absolute Gasteiger partial charge is 1.00 e. The van der Waals surface area contributed by atoms with Crippen molar-refractivity contribution in [2.24, 2.45) is 0 Å². The van der Waals surface area contributed by atoms with Crippen LogP contribution in [0, 0.1) is 0 Å². The molecule has 0 bridgehead atoms. The van der Waals surface area contributed by atoms with Crippen molar-refractivity contribution < 1.29 is 76.3 Å². The minimum atomic E-state index is -1.63. The Morgan fingerprint density at radius 2 is 0.967 bits per heavy atom. The molecule has 1 unspecified atom stereocenters. The van der Waals surface area contributed by atoms with E-state index in [2.05, 4.69) is 52.2 Å².